The largest absolute Gasteiger partial charge is 2.00 e. The number of rotatable bonds is 0. The minimum absolute atomic E-state index is 0. The van der Waals surface area contributed by atoms with Gasteiger partial charge in [-0.2, -0.15) is 0 Å². The fourth-order valence-corrected chi connectivity index (χ4v) is 0.313. The van der Waals surface area contributed by atoms with Crippen LogP contribution in [0.3, 0.4) is 0 Å². The van der Waals surface area contributed by atoms with E-state index in [1.807, 2.05) is 18.2 Å². The van der Waals surface area contributed by atoms with Crippen LogP contribution >= 0.6 is 0 Å². The second kappa shape index (κ2) is 17.6. The van der Waals surface area contributed by atoms with E-state index in [1.54, 1.807) is 74.7 Å². The minimum atomic E-state index is -1.01. The monoisotopic (exact) mass is 453 g/mol. The van der Waals surface area contributed by atoms with Crippen molar-refractivity contribution in [2.24, 2.45) is 16.2 Å². The maximum absolute atomic E-state index is 9.91. The summed E-state index contributed by atoms with van der Waals surface area (Å²) in [7, 11) is 0. The van der Waals surface area contributed by atoms with E-state index in [0.29, 0.717) is 0 Å². The van der Waals surface area contributed by atoms with Crippen molar-refractivity contribution in [2.75, 3.05) is 0 Å². The first-order valence-electron chi connectivity index (χ1n) is 8.32. The normalized spacial score (nSPS) is 9.83. The van der Waals surface area contributed by atoms with Gasteiger partial charge in [0.05, 0.1) is 0 Å². The van der Waals surface area contributed by atoms with E-state index in [-0.39, 0.29) is 38.3 Å². The molecule has 0 spiro atoms. The molecule has 1 heterocycles. The van der Waals surface area contributed by atoms with Gasteiger partial charge in [0, 0.05) is 46.5 Å². The molecular formula is C20H32LiNO6Zn. The first-order valence-corrected chi connectivity index (χ1v) is 8.32. The molecular weight excluding hydrogens is 423 g/mol. The Labute approximate surface area is 199 Å². The maximum Gasteiger partial charge on any atom is 2.00 e. The SMILES string of the molecule is CC(C)(C)C(=O)[O-].CC(C)(C)C(=O)[O-].CC(C)(C)C(=O)[O-].[Li+].[Zn+2].c1ccncc1. The first kappa shape index (κ1) is 38.4. The molecule has 0 aliphatic heterocycles. The molecule has 0 aliphatic carbocycles. The summed E-state index contributed by atoms with van der Waals surface area (Å²) in [6, 6.07) is 5.72. The predicted molar refractivity (Wildman–Crippen MR) is 97.6 cm³/mol. The number of hydrogen-bond donors (Lipinski definition) is 0. The van der Waals surface area contributed by atoms with Gasteiger partial charge < -0.3 is 29.7 Å². The van der Waals surface area contributed by atoms with Gasteiger partial charge in [0.25, 0.3) is 0 Å². The van der Waals surface area contributed by atoms with Crippen LogP contribution in [0, 0.1) is 16.2 Å². The Kier molecular flexibility index (Phi) is 23.3. The topological polar surface area (TPSA) is 133 Å². The molecule has 0 unspecified atom stereocenters. The minimum Gasteiger partial charge on any atom is -0.550 e. The Morgan fingerprint density at radius 2 is 0.759 bits per heavy atom. The molecule has 1 rings (SSSR count). The molecule has 1 aromatic heterocycles. The van der Waals surface area contributed by atoms with Crippen LogP contribution in [0.4, 0.5) is 0 Å². The van der Waals surface area contributed by atoms with Crippen LogP contribution in [-0.4, -0.2) is 22.9 Å². The van der Waals surface area contributed by atoms with Crippen LogP contribution in [-0.2, 0) is 33.9 Å². The van der Waals surface area contributed by atoms with Gasteiger partial charge in [-0.15, -0.1) is 0 Å². The summed E-state index contributed by atoms with van der Waals surface area (Å²) in [5.41, 5.74) is -2.08. The molecule has 0 aliphatic rings. The molecule has 0 saturated heterocycles. The van der Waals surface area contributed by atoms with Gasteiger partial charge in [0.2, 0.25) is 0 Å². The quantitative estimate of drug-likeness (QED) is 0.393. The number of pyridine rings is 1. The number of aliphatic carboxylic acids is 3. The molecule has 0 N–H and O–H groups in total. The maximum atomic E-state index is 9.91. The van der Waals surface area contributed by atoms with Gasteiger partial charge in [-0.1, -0.05) is 68.4 Å². The Hall–Kier alpha value is -1.22. The van der Waals surface area contributed by atoms with Crippen LogP contribution < -0.4 is 34.2 Å². The average molecular weight is 455 g/mol. The number of aromatic nitrogens is 1. The molecule has 156 valence electrons. The zero-order valence-electron chi connectivity index (χ0n) is 19.5. The summed E-state index contributed by atoms with van der Waals surface area (Å²) in [5.74, 6) is -3.02. The van der Waals surface area contributed by atoms with Crippen LogP contribution in [0.5, 0.6) is 0 Å². The molecule has 0 atom stereocenters. The molecule has 1 aromatic rings. The van der Waals surface area contributed by atoms with Crippen molar-refractivity contribution in [2.45, 2.75) is 62.3 Å². The van der Waals surface area contributed by atoms with Crippen molar-refractivity contribution in [3.63, 3.8) is 0 Å². The molecule has 9 heteroatoms. The average Bonchev–Trinajstić information content (AvgIpc) is 2.48. The number of carboxylic acid groups (broad SMARTS) is 3. The molecule has 0 amide bonds. The van der Waals surface area contributed by atoms with Crippen LogP contribution in [0.1, 0.15) is 62.3 Å². The second-order valence-electron chi connectivity index (χ2n) is 8.64. The number of hydrogen-bond acceptors (Lipinski definition) is 7. The van der Waals surface area contributed by atoms with Gasteiger partial charge in [-0.05, 0) is 12.1 Å². The fraction of sp³-hybridized carbons (Fsp3) is 0.600. The smallest absolute Gasteiger partial charge is 0.550 e. The van der Waals surface area contributed by atoms with Gasteiger partial charge in [-0.25, -0.2) is 0 Å². The molecule has 0 radical (unpaired) electrons. The number of nitrogens with zero attached hydrogens (tertiary/aromatic N) is 1. The summed E-state index contributed by atoms with van der Waals surface area (Å²) >= 11 is 0. The molecule has 0 aromatic carbocycles. The van der Waals surface area contributed by atoms with Crippen molar-refractivity contribution in [1.29, 1.82) is 0 Å². The third-order valence-electron chi connectivity index (χ3n) is 2.40. The molecule has 7 nitrogen and oxygen atoms in total. The van der Waals surface area contributed by atoms with Crippen LogP contribution in [0.2, 0.25) is 0 Å². The van der Waals surface area contributed by atoms with E-state index in [2.05, 4.69) is 4.98 Å². The Balaban J connectivity index is -0.0000000863. The van der Waals surface area contributed by atoms with Gasteiger partial charge >= 0.3 is 38.3 Å². The predicted octanol–water partition coefficient (Wildman–Crippen LogP) is -2.57. The van der Waals surface area contributed by atoms with E-state index < -0.39 is 34.2 Å². The summed E-state index contributed by atoms with van der Waals surface area (Å²) < 4.78 is 0. The molecule has 0 fully saturated rings. The van der Waals surface area contributed by atoms with Crippen molar-refractivity contribution in [3.05, 3.63) is 30.6 Å². The van der Waals surface area contributed by atoms with Crippen LogP contribution in [0.15, 0.2) is 30.6 Å². The van der Waals surface area contributed by atoms with Crippen molar-refractivity contribution < 1.29 is 68.0 Å². The van der Waals surface area contributed by atoms with Crippen molar-refractivity contribution >= 4 is 17.9 Å². The molecule has 0 bridgehead atoms. The van der Waals surface area contributed by atoms with E-state index in [9.17, 15) is 29.7 Å². The number of carbonyl (C=O) groups excluding carboxylic acids is 3. The molecule has 0 saturated carbocycles. The van der Waals surface area contributed by atoms with Gasteiger partial charge in [-0.3, -0.25) is 4.98 Å². The third-order valence-corrected chi connectivity index (χ3v) is 2.40. The zero-order valence-corrected chi connectivity index (χ0v) is 22.5. The number of carboxylic acids is 3. The van der Waals surface area contributed by atoms with Gasteiger partial charge in [0.1, 0.15) is 0 Å². The van der Waals surface area contributed by atoms with Gasteiger partial charge in [0.15, 0.2) is 0 Å². The summed E-state index contributed by atoms with van der Waals surface area (Å²) in [5, 5.41) is 29.7. The Morgan fingerprint density at radius 1 is 0.586 bits per heavy atom. The van der Waals surface area contributed by atoms with Crippen molar-refractivity contribution in [3.8, 4) is 0 Å². The Bertz CT molecular complexity index is 477. The first-order chi connectivity index (χ1) is 11.8. The summed E-state index contributed by atoms with van der Waals surface area (Å²) in [4.78, 5) is 33.5. The van der Waals surface area contributed by atoms with E-state index in [1.165, 1.54) is 0 Å². The summed E-state index contributed by atoms with van der Waals surface area (Å²) in [6.07, 6.45) is 3.50. The molecule has 29 heavy (non-hydrogen) atoms. The third kappa shape index (κ3) is 31.7. The standard InChI is InChI=1S/C5H5N.3C5H10O2.Li.Zn/c1-2-4-6-5-3-1;3*1-5(2,3)4(6)7;;/h1-5H;3*1-3H3,(H,6,7);;/q;;;;+1;+2/p-3. The van der Waals surface area contributed by atoms with E-state index >= 15 is 0 Å². The van der Waals surface area contributed by atoms with Crippen LogP contribution in [0.25, 0.3) is 0 Å². The summed E-state index contributed by atoms with van der Waals surface area (Å²) in [6.45, 7) is 14.4. The van der Waals surface area contributed by atoms with E-state index in [4.69, 9.17) is 0 Å². The zero-order chi connectivity index (χ0) is 22.5. The fourth-order valence-electron chi connectivity index (χ4n) is 0.313. The van der Waals surface area contributed by atoms with E-state index in [0.717, 1.165) is 0 Å². The van der Waals surface area contributed by atoms with Crippen molar-refractivity contribution in [1.82, 2.24) is 4.98 Å². The Morgan fingerprint density at radius 3 is 0.793 bits per heavy atom. The number of carbonyl (C=O) groups is 3. The second-order valence-corrected chi connectivity index (χ2v) is 8.64.